The Labute approximate surface area is 229 Å². The Morgan fingerprint density at radius 2 is 1.87 bits per heavy atom. The number of amides is 2. The summed E-state index contributed by atoms with van der Waals surface area (Å²) in [5, 5.41) is 12.6. The van der Waals surface area contributed by atoms with Gasteiger partial charge in [0.15, 0.2) is 0 Å². The van der Waals surface area contributed by atoms with Gasteiger partial charge in [0, 0.05) is 58.0 Å². The summed E-state index contributed by atoms with van der Waals surface area (Å²) >= 11 is 0. The molecule has 208 valence electrons. The van der Waals surface area contributed by atoms with Gasteiger partial charge in [0.05, 0.1) is 22.9 Å². The minimum absolute atomic E-state index is 0.0264. The van der Waals surface area contributed by atoms with E-state index in [1.807, 2.05) is 6.20 Å². The van der Waals surface area contributed by atoms with Gasteiger partial charge in [0.25, 0.3) is 5.91 Å². The van der Waals surface area contributed by atoms with Crippen molar-refractivity contribution in [1.82, 2.24) is 15.2 Å². The number of anilines is 2. The molecule has 6 rings (SSSR count). The third kappa shape index (κ3) is 4.86. The number of hydrogen-bond donors (Lipinski definition) is 2. The number of sulfonamides is 1. The summed E-state index contributed by atoms with van der Waals surface area (Å²) in [5.41, 5.74) is 3.70. The second-order valence-electron chi connectivity index (χ2n) is 11.1. The smallest absolute Gasteiger partial charge is 0.256 e. The summed E-state index contributed by atoms with van der Waals surface area (Å²) in [4.78, 5) is 35.1. The van der Waals surface area contributed by atoms with Gasteiger partial charge in [-0.15, -0.1) is 0 Å². The molecule has 10 nitrogen and oxygen atoms in total. The lowest BCUT2D eigenvalue weighted by Crippen LogP contribution is -2.49. The average Bonchev–Trinajstić information content (AvgIpc) is 3.63. The number of benzene rings is 1. The van der Waals surface area contributed by atoms with Crippen molar-refractivity contribution in [3.63, 3.8) is 0 Å². The molecule has 3 aliphatic heterocycles. The Morgan fingerprint density at radius 1 is 1.10 bits per heavy atom. The maximum Gasteiger partial charge on any atom is 0.256 e. The Bertz CT molecular complexity index is 1400. The van der Waals surface area contributed by atoms with Crippen molar-refractivity contribution in [3.05, 3.63) is 52.7 Å². The van der Waals surface area contributed by atoms with E-state index in [4.69, 9.17) is 4.98 Å². The fraction of sp³-hybridized carbons (Fsp3) is 0.536. The topological polar surface area (TPSA) is 123 Å². The molecule has 0 radical (unpaired) electrons. The highest BCUT2D eigenvalue weighted by molar-refractivity contribution is 7.93. The summed E-state index contributed by atoms with van der Waals surface area (Å²) in [6.07, 6.45) is 4.93. The van der Waals surface area contributed by atoms with E-state index in [-0.39, 0.29) is 30.1 Å². The van der Waals surface area contributed by atoms with Crippen LogP contribution in [-0.2, 0) is 14.8 Å². The molecule has 11 heteroatoms. The van der Waals surface area contributed by atoms with Crippen LogP contribution in [0.1, 0.15) is 58.1 Å². The van der Waals surface area contributed by atoms with E-state index in [1.54, 1.807) is 23.1 Å². The molecule has 2 atom stereocenters. The molecule has 4 heterocycles. The molecule has 1 saturated carbocycles. The number of pyridine rings is 1. The van der Waals surface area contributed by atoms with Crippen molar-refractivity contribution in [1.29, 1.82) is 0 Å². The van der Waals surface area contributed by atoms with Gasteiger partial charge in [-0.1, -0.05) is 12.1 Å². The first-order chi connectivity index (χ1) is 18.8. The lowest BCUT2D eigenvalue weighted by molar-refractivity contribution is -0.120. The Balaban J connectivity index is 1.24. The van der Waals surface area contributed by atoms with Gasteiger partial charge in [-0.25, -0.2) is 13.4 Å². The first-order valence-electron chi connectivity index (χ1n) is 13.8. The SMILES string of the molecule is Cc1cc(C2CC2)cnc1N1CCN(C(=O)c2ccc([C@@H]3C(=O)NCC3CO)cc2N2CCCS2(=O)=O)CC1. The van der Waals surface area contributed by atoms with Crippen LogP contribution in [0.15, 0.2) is 30.5 Å². The number of nitrogens with zero attached hydrogens (tertiary/aromatic N) is 4. The molecule has 39 heavy (non-hydrogen) atoms. The highest BCUT2D eigenvalue weighted by Crippen LogP contribution is 2.41. The fourth-order valence-electron chi connectivity index (χ4n) is 6.16. The molecule has 1 aromatic carbocycles. The van der Waals surface area contributed by atoms with Crippen LogP contribution in [0, 0.1) is 12.8 Å². The Hall–Kier alpha value is -3.18. The highest BCUT2D eigenvalue weighted by Gasteiger charge is 2.38. The average molecular weight is 554 g/mol. The molecule has 2 amide bonds. The predicted molar refractivity (Wildman–Crippen MR) is 148 cm³/mol. The number of carbonyl (C=O) groups excluding carboxylic acids is 2. The second-order valence-corrected chi connectivity index (χ2v) is 13.2. The van der Waals surface area contributed by atoms with Crippen molar-refractivity contribution < 1.29 is 23.1 Å². The van der Waals surface area contributed by atoms with E-state index < -0.39 is 15.9 Å². The minimum atomic E-state index is -3.56. The van der Waals surface area contributed by atoms with Gasteiger partial charge in [-0.3, -0.25) is 13.9 Å². The Kier molecular flexibility index (Phi) is 6.74. The van der Waals surface area contributed by atoms with Gasteiger partial charge < -0.3 is 20.2 Å². The number of aliphatic hydroxyl groups is 1. The van der Waals surface area contributed by atoms with Crippen LogP contribution in [0.5, 0.6) is 0 Å². The number of aromatic nitrogens is 1. The van der Waals surface area contributed by atoms with E-state index >= 15 is 0 Å². The first kappa shape index (κ1) is 26.1. The number of piperazine rings is 1. The fourth-order valence-corrected chi connectivity index (χ4v) is 7.73. The van der Waals surface area contributed by atoms with Crippen molar-refractivity contribution in [2.24, 2.45) is 5.92 Å². The van der Waals surface area contributed by atoms with Crippen LogP contribution in [-0.4, -0.2) is 86.9 Å². The van der Waals surface area contributed by atoms with Crippen LogP contribution in [0.2, 0.25) is 0 Å². The van der Waals surface area contributed by atoms with Crippen LogP contribution >= 0.6 is 0 Å². The lowest BCUT2D eigenvalue weighted by atomic mass is 9.88. The molecule has 1 aliphatic carbocycles. The van der Waals surface area contributed by atoms with Gasteiger partial charge in [-0.05, 0) is 60.9 Å². The van der Waals surface area contributed by atoms with E-state index in [0.29, 0.717) is 68.4 Å². The molecule has 2 aromatic rings. The van der Waals surface area contributed by atoms with Gasteiger partial charge in [-0.2, -0.15) is 0 Å². The Morgan fingerprint density at radius 3 is 2.51 bits per heavy atom. The third-order valence-corrected chi connectivity index (χ3v) is 10.3. The molecular weight excluding hydrogens is 518 g/mol. The van der Waals surface area contributed by atoms with E-state index in [2.05, 4.69) is 23.2 Å². The van der Waals surface area contributed by atoms with Gasteiger partial charge in [0.1, 0.15) is 5.82 Å². The standard InChI is InChI=1S/C28H35N5O5S/c1-18-13-21(19-3-4-19)15-29-26(18)31-8-10-32(11-9-31)28(36)23-6-5-20(25-22(17-34)16-30-27(25)35)14-24(23)33-7-2-12-39(33,37)38/h5-6,13-15,19,22,25,34H,2-4,7-12,16-17H2,1H3,(H,30,35)/t22?,25-/m0/s1. The monoisotopic (exact) mass is 553 g/mol. The molecule has 1 unspecified atom stereocenters. The summed E-state index contributed by atoms with van der Waals surface area (Å²) < 4.78 is 27.1. The van der Waals surface area contributed by atoms with Crippen LogP contribution in [0.25, 0.3) is 0 Å². The molecule has 4 aliphatic rings. The number of aryl methyl sites for hydroxylation is 1. The maximum absolute atomic E-state index is 13.8. The minimum Gasteiger partial charge on any atom is -0.396 e. The normalized spacial score (nSPS) is 24.8. The molecule has 2 N–H and O–H groups in total. The summed E-state index contributed by atoms with van der Waals surface area (Å²) in [7, 11) is -3.56. The van der Waals surface area contributed by atoms with Crippen LogP contribution in [0.4, 0.5) is 11.5 Å². The van der Waals surface area contributed by atoms with Gasteiger partial charge in [0.2, 0.25) is 15.9 Å². The number of carbonyl (C=O) groups is 2. The van der Waals surface area contributed by atoms with Gasteiger partial charge >= 0.3 is 0 Å². The van der Waals surface area contributed by atoms with Crippen molar-refractivity contribution in [2.45, 2.75) is 38.0 Å². The van der Waals surface area contributed by atoms with Crippen molar-refractivity contribution >= 4 is 33.3 Å². The predicted octanol–water partition coefficient (Wildman–Crippen LogP) is 1.59. The zero-order chi connectivity index (χ0) is 27.3. The summed E-state index contributed by atoms with van der Waals surface area (Å²) in [6, 6.07) is 7.27. The largest absolute Gasteiger partial charge is 0.396 e. The molecule has 0 spiro atoms. The maximum atomic E-state index is 13.8. The molecule has 0 bridgehead atoms. The number of nitrogens with one attached hydrogen (secondary N) is 1. The van der Waals surface area contributed by atoms with Crippen LogP contribution < -0.4 is 14.5 Å². The first-order valence-corrected chi connectivity index (χ1v) is 15.4. The molecule has 4 fully saturated rings. The van der Waals surface area contributed by atoms with Crippen molar-refractivity contribution in [2.75, 3.05) is 60.8 Å². The van der Waals surface area contributed by atoms with E-state index in [9.17, 15) is 23.1 Å². The lowest BCUT2D eigenvalue weighted by Gasteiger charge is -2.36. The molecular formula is C28H35N5O5S. The summed E-state index contributed by atoms with van der Waals surface area (Å²) in [5.74, 6) is 0.318. The number of aliphatic hydroxyl groups excluding tert-OH is 1. The molecule has 3 saturated heterocycles. The molecule has 1 aromatic heterocycles. The number of hydrogen-bond acceptors (Lipinski definition) is 7. The van der Waals surface area contributed by atoms with Crippen molar-refractivity contribution in [3.8, 4) is 0 Å². The quantitative estimate of drug-likeness (QED) is 0.557. The third-order valence-electron chi connectivity index (χ3n) is 8.49. The zero-order valence-corrected chi connectivity index (χ0v) is 23.0. The second kappa shape index (κ2) is 10.1. The number of rotatable bonds is 6. The highest BCUT2D eigenvalue weighted by atomic mass is 32.2. The zero-order valence-electron chi connectivity index (χ0n) is 22.2. The van der Waals surface area contributed by atoms with E-state index in [1.165, 1.54) is 22.7 Å². The van der Waals surface area contributed by atoms with Crippen LogP contribution in [0.3, 0.4) is 0 Å². The summed E-state index contributed by atoms with van der Waals surface area (Å²) in [6.45, 7) is 4.84. The van der Waals surface area contributed by atoms with E-state index in [0.717, 1.165) is 11.4 Å².